The number of hydrogen-bond donors (Lipinski definition) is 0. The fraction of sp³-hybridized carbons (Fsp3) is 0.381. The van der Waals surface area contributed by atoms with E-state index >= 15 is 0 Å². The standard InChI is InChI=1S/C21H26O/c1-5-19(17-11-7-15(3)8-12-17)21(22)20(6-2)18-13-9-16(4)10-14-18/h7-14,19-20H,5-6H2,1-4H3. The molecule has 1 heteroatoms. The van der Waals surface area contributed by atoms with Crippen molar-refractivity contribution in [3.05, 3.63) is 70.8 Å². The van der Waals surface area contributed by atoms with Crippen molar-refractivity contribution in [2.24, 2.45) is 0 Å². The summed E-state index contributed by atoms with van der Waals surface area (Å²) in [6.07, 6.45) is 1.70. The van der Waals surface area contributed by atoms with Crippen LogP contribution in [0.2, 0.25) is 0 Å². The average molecular weight is 294 g/mol. The Hall–Kier alpha value is -1.89. The molecule has 0 bridgehead atoms. The molecule has 22 heavy (non-hydrogen) atoms. The Balaban J connectivity index is 2.29. The summed E-state index contributed by atoms with van der Waals surface area (Å²) in [6.45, 7) is 8.36. The summed E-state index contributed by atoms with van der Waals surface area (Å²) in [5.41, 5.74) is 4.75. The van der Waals surface area contributed by atoms with Crippen molar-refractivity contribution in [3.63, 3.8) is 0 Å². The predicted molar refractivity (Wildman–Crippen MR) is 93.4 cm³/mol. The Bertz CT molecular complexity index is 552. The second kappa shape index (κ2) is 7.40. The minimum atomic E-state index is -0.00754. The van der Waals surface area contributed by atoms with E-state index in [9.17, 15) is 4.79 Å². The molecular formula is C21H26O. The highest BCUT2D eigenvalue weighted by Gasteiger charge is 2.26. The van der Waals surface area contributed by atoms with Gasteiger partial charge < -0.3 is 0 Å². The van der Waals surface area contributed by atoms with E-state index in [-0.39, 0.29) is 11.8 Å². The number of carbonyl (C=O) groups excluding carboxylic acids is 1. The zero-order chi connectivity index (χ0) is 16.1. The zero-order valence-electron chi connectivity index (χ0n) is 14.1. The minimum Gasteiger partial charge on any atom is -0.298 e. The maximum Gasteiger partial charge on any atom is 0.147 e. The first-order valence-corrected chi connectivity index (χ1v) is 8.23. The molecule has 2 aromatic rings. The van der Waals surface area contributed by atoms with Gasteiger partial charge in [-0.3, -0.25) is 4.79 Å². The fourth-order valence-corrected chi connectivity index (χ4v) is 3.04. The van der Waals surface area contributed by atoms with Gasteiger partial charge in [0, 0.05) is 11.8 Å². The first kappa shape index (κ1) is 16.5. The van der Waals surface area contributed by atoms with E-state index in [1.165, 1.54) is 11.1 Å². The fourth-order valence-electron chi connectivity index (χ4n) is 3.04. The van der Waals surface area contributed by atoms with Crippen LogP contribution in [0, 0.1) is 13.8 Å². The molecule has 0 N–H and O–H groups in total. The van der Waals surface area contributed by atoms with Crippen LogP contribution in [-0.2, 0) is 4.79 Å². The van der Waals surface area contributed by atoms with Crippen molar-refractivity contribution in [2.45, 2.75) is 52.4 Å². The van der Waals surface area contributed by atoms with Crippen molar-refractivity contribution in [1.82, 2.24) is 0 Å². The van der Waals surface area contributed by atoms with Crippen molar-refractivity contribution >= 4 is 5.78 Å². The second-order valence-corrected chi connectivity index (χ2v) is 6.15. The number of benzene rings is 2. The molecule has 0 amide bonds. The van der Waals surface area contributed by atoms with E-state index in [0.29, 0.717) is 5.78 Å². The van der Waals surface area contributed by atoms with Gasteiger partial charge >= 0.3 is 0 Å². The molecule has 2 atom stereocenters. The van der Waals surface area contributed by atoms with Crippen LogP contribution in [0.3, 0.4) is 0 Å². The van der Waals surface area contributed by atoms with E-state index < -0.39 is 0 Å². The molecule has 0 saturated carbocycles. The summed E-state index contributed by atoms with van der Waals surface area (Å²) >= 11 is 0. The third-order valence-electron chi connectivity index (χ3n) is 4.46. The molecule has 0 saturated heterocycles. The number of carbonyl (C=O) groups is 1. The Morgan fingerprint density at radius 1 is 0.727 bits per heavy atom. The molecule has 0 aliphatic carbocycles. The second-order valence-electron chi connectivity index (χ2n) is 6.15. The van der Waals surface area contributed by atoms with Crippen molar-refractivity contribution < 1.29 is 4.79 Å². The third-order valence-corrected chi connectivity index (χ3v) is 4.46. The van der Waals surface area contributed by atoms with E-state index in [1.807, 2.05) is 0 Å². The molecular weight excluding hydrogens is 268 g/mol. The highest BCUT2D eigenvalue weighted by Crippen LogP contribution is 2.31. The van der Waals surface area contributed by atoms with Crippen LogP contribution >= 0.6 is 0 Å². The van der Waals surface area contributed by atoms with Crippen LogP contribution in [-0.4, -0.2) is 5.78 Å². The lowest BCUT2D eigenvalue weighted by atomic mass is 9.81. The van der Waals surface area contributed by atoms with E-state index in [1.54, 1.807) is 0 Å². The van der Waals surface area contributed by atoms with Gasteiger partial charge in [0.25, 0.3) is 0 Å². The molecule has 0 aliphatic rings. The first-order chi connectivity index (χ1) is 10.6. The summed E-state index contributed by atoms with van der Waals surface area (Å²) < 4.78 is 0. The maximum absolute atomic E-state index is 13.1. The van der Waals surface area contributed by atoms with Gasteiger partial charge in [0.15, 0.2) is 0 Å². The third kappa shape index (κ3) is 3.65. The number of aryl methyl sites for hydroxylation is 2. The van der Waals surface area contributed by atoms with Gasteiger partial charge in [-0.1, -0.05) is 73.5 Å². The summed E-state index contributed by atoms with van der Waals surface area (Å²) in [6, 6.07) is 16.8. The van der Waals surface area contributed by atoms with Gasteiger partial charge in [0.05, 0.1) is 0 Å². The number of hydrogen-bond acceptors (Lipinski definition) is 1. The highest BCUT2D eigenvalue weighted by molar-refractivity contribution is 5.91. The lowest BCUT2D eigenvalue weighted by Gasteiger charge is -2.22. The largest absolute Gasteiger partial charge is 0.298 e. The zero-order valence-corrected chi connectivity index (χ0v) is 14.1. The molecule has 0 spiro atoms. The molecule has 0 aliphatic heterocycles. The monoisotopic (exact) mass is 294 g/mol. The molecule has 1 nitrogen and oxygen atoms in total. The Morgan fingerprint density at radius 3 is 1.32 bits per heavy atom. The molecule has 2 rings (SSSR count). The number of ketones is 1. The van der Waals surface area contributed by atoms with E-state index in [2.05, 4.69) is 76.2 Å². The topological polar surface area (TPSA) is 17.1 Å². The number of rotatable bonds is 6. The van der Waals surface area contributed by atoms with Gasteiger partial charge in [-0.15, -0.1) is 0 Å². The molecule has 0 heterocycles. The summed E-state index contributed by atoms with van der Waals surface area (Å²) in [5.74, 6) is 0.330. The van der Waals surface area contributed by atoms with Crippen LogP contribution in [0.5, 0.6) is 0 Å². The predicted octanol–water partition coefficient (Wildman–Crippen LogP) is 5.56. The SMILES string of the molecule is CCC(C(=O)C(CC)c1ccc(C)cc1)c1ccc(C)cc1. The highest BCUT2D eigenvalue weighted by atomic mass is 16.1. The molecule has 2 aromatic carbocycles. The van der Waals surface area contributed by atoms with E-state index in [0.717, 1.165) is 24.0 Å². The van der Waals surface area contributed by atoms with Gasteiger partial charge in [-0.25, -0.2) is 0 Å². The van der Waals surface area contributed by atoms with Crippen LogP contribution in [0.25, 0.3) is 0 Å². The molecule has 0 radical (unpaired) electrons. The van der Waals surface area contributed by atoms with Gasteiger partial charge in [-0.2, -0.15) is 0 Å². The summed E-state index contributed by atoms with van der Waals surface area (Å²) in [4.78, 5) is 13.1. The lowest BCUT2D eigenvalue weighted by molar-refractivity contribution is -0.122. The van der Waals surface area contributed by atoms with Crippen LogP contribution in [0.1, 0.15) is 60.8 Å². The van der Waals surface area contributed by atoms with Gasteiger partial charge in [-0.05, 0) is 37.8 Å². The van der Waals surface area contributed by atoms with Crippen molar-refractivity contribution in [2.75, 3.05) is 0 Å². The van der Waals surface area contributed by atoms with Gasteiger partial charge in [0.2, 0.25) is 0 Å². The maximum atomic E-state index is 13.1. The average Bonchev–Trinajstić information content (AvgIpc) is 2.52. The Morgan fingerprint density at radius 2 is 1.05 bits per heavy atom. The summed E-state index contributed by atoms with van der Waals surface area (Å²) in [5, 5.41) is 0. The van der Waals surface area contributed by atoms with Gasteiger partial charge in [0.1, 0.15) is 5.78 Å². The smallest absolute Gasteiger partial charge is 0.147 e. The van der Waals surface area contributed by atoms with Crippen molar-refractivity contribution in [3.8, 4) is 0 Å². The lowest BCUT2D eigenvalue weighted by Crippen LogP contribution is -2.20. The van der Waals surface area contributed by atoms with Crippen LogP contribution < -0.4 is 0 Å². The van der Waals surface area contributed by atoms with Crippen LogP contribution in [0.15, 0.2) is 48.5 Å². The summed E-state index contributed by atoms with van der Waals surface area (Å²) in [7, 11) is 0. The molecule has 2 unspecified atom stereocenters. The first-order valence-electron chi connectivity index (χ1n) is 8.23. The van der Waals surface area contributed by atoms with Crippen molar-refractivity contribution in [1.29, 1.82) is 0 Å². The Labute approximate surface area is 134 Å². The quantitative estimate of drug-likeness (QED) is 0.681. The molecule has 0 aromatic heterocycles. The minimum absolute atomic E-state index is 0.00754. The van der Waals surface area contributed by atoms with Crippen LogP contribution in [0.4, 0.5) is 0 Å². The normalized spacial score (nSPS) is 13.6. The molecule has 0 fully saturated rings. The Kier molecular flexibility index (Phi) is 5.54. The van der Waals surface area contributed by atoms with E-state index in [4.69, 9.17) is 0 Å². The number of Topliss-reactive ketones (excluding diaryl/α,β-unsaturated/α-hetero) is 1. The molecule has 116 valence electrons.